The molecule has 0 saturated heterocycles. The zero-order chi connectivity index (χ0) is 14.2. The Hall–Kier alpha value is -2.50. The van der Waals surface area contributed by atoms with Gasteiger partial charge in [-0.05, 0) is 19.1 Å². The number of aromatic nitrogens is 2. The highest BCUT2D eigenvalue weighted by Crippen LogP contribution is 2.19. The number of para-hydroxylation sites is 2. The molecule has 0 fully saturated rings. The number of rotatable bonds is 7. The normalized spacial score (nSPS) is 10.1. The highest BCUT2D eigenvalue weighted by atomic mass is 16.5. The van der Waals surface area contributed by atoms with E-state index in [0.29, 0.717) is 43.0 Å². The Morgan fingerprint density at radius 3 is 2.85 bits per heavy atom. The number of ether oxygens (including phenoxy) is 2. The van der Waals surface area contributed by atoms with Crippen molar-refractivity contribution in [1.82, 2.24) is 9.97 Å². The fraction of sp³-hybridized carbons (Fsp3) is 0.286. The van der Waals surface area contributed by atoms with Crippen molar-refractivity contribution in [3.63, 3.8) is 0 Å². The lowest BCUT2D eigenvalue weighted by Crippen LogP contribution is -2.14. The third kappa shape index (κ3) is 4.01. The van der Waals surface area contributed by atoms with Gasteiger partial charge in [0.25, 0.3) is 0 Å². The second-order valence-corrected chi connectivity index (χ2v) is 3.96. The van der Waals surface area contributed by atoms with Crippen LogP contribution in [0.1, 0.15) is 6.92 Å². The van der Waals surface area contributed by atoms with Gasteiger partial charge in [-0.3, -0.25) is 0 Å². The van der Waals surface area contributed by atoms with E-state index in [-0.39, 0.29) is 0 Å². The Labute approximate surface area is 118 Å². The molecular weight excluding hydrogens is 256 g/mol. The molecule has 0 aliphatic heterocycles. The molecule has 0 bridgehead atoms. The van der Waals surface area contributed by atoms with Gasteiger partial charge in [0.05, 0.1) is 18.8 Å². The third-order valence-electron chi connectivity index (χ3n) is 2.48. The van der Waals surface area contributed by atoms with Crippen molar-refractivity contribution in [1.29, 1.82) is 0 Å². The molecular formula is C14H18N4O2. The van der Waals surface area contributed by atoms with Gasteiger partial charge in [0.15, 0.2) is 0 Å². The summed E-state index contributed by atoms with van der Waals surface area (Å²) < 4.78 is 10.9. The molecule has 0 spiro atoms. The summed E-state index contributed by atoms with van der Waals surface area (Å²) >= 11 is 0. The van der Waals surface area contributed by atoms with Gasteiger partial charge in [-0.25, -0.2) is 4.98 Å². The van der Waals surface area contributed by atoms with Gasteiger partial charge >= 0.3 is 0 Å². The van der Waals surface area contributed by atoms with E-state index in [4.69, 9.17) is 15.2 Å². The molecule has 0 saturated carbocycles. The molecule has 0 radical (unpaired) electrons. The number of benzene rings is 1. The molecule has 2 rings (SSSR count). The molecule has 0 atom stereocenters. The summed E-state index contributed by atoms with van der Waals surface area (Å²) in [6, 6.07) is 9.11. The summed E-state index contributed by atoms with van der Waals surface area (Å²) in [5, 5.41) is 3.07. The summed E-state index contributed by atoms with van der Waals surface area (Å²) in [6.07, 6.45) is 1.65. The van der Waals surface area contributed by atoms with Crippen molar-refractivity contribution in [2.75, 3.05) is 30.8 Å². The average Bonchev–Trinajstić information content (AvgIpc) is 2.46. The molecule has 20 heavy (non-hydrogen) atoms. The van der Waals surface area contributed by atoms with Gasteiger partial charge in [0.2, 0.25) is 11.8 Å². The number of anilines is 2. The van der Waals surface area contributed by atoms with Crippen molar-refractivity contribution >= 4 is 11.6 Å². The van der Waals surface area contributed by atoms with Crippen molar-refractivity contribution in [3.8, 4) is 11.6 Å². The summed E-state index contributed by atoms with van der Waals surface area (Å²) in [6.45, 7) is 3.53. The van der Waals surface area contributed by atoms with E-state index in [1.54, 1.807) is 18.3 Å². The first kappa shape index (κ1) is 13.9. The summed E-state index contributed by atoms with van der Waals surface area (Å²) in [7, 11) is 0. The number of hydrogen-bond donors (Lipinski definition) is 2. The van der Waals surface area contributed by atoms with Gasteiger partial charge < -0.3 is 20.5 Å². The lowest BCUT2D eigenvalue weighted by molar-refractivity contribution is 0.325. The molecule has 1 aromatic heterocycles. The summed E-state index contributed by atoms with van der Waals surface area (Å²) in [4.78, 5) is 8.30. The number of nitrogens with zero attached hydrogens (tertiary/aromatic N) is 2. The topological polar surface area (TPSA) is 82.3 Å². The minimum absolute atomic E-state index is 0.469. The number of nitrogen functional groups attached to an aromatic ring is 1. The molecule has 6 heteroatoms. The van der Waals surface area contributed by atoms with Crippen LogP contribution in [0.4, 0.5) is 11.6 Å². The monoisotopic (exact) mass is 274 g/mol. The summed E-state index contributed by atoms with van der Waals surface area (Å²) in [5.41, 5.74) is 6.41. The molecule has 1 aromatic carbocycles. The molecule has 0 aliphatic rings. The Kier molecular flexibility index (Phi) is 5.00. The standard InChI is InChI=1S/C14H18N4O2/c1-2-19-13-7-8-16-14(18-13)17-9-10-20-12-6-4-3-5-11(12)15/h3-8H,2,9-10,15H2,1H3,(H,16,17,18). The number of nitrogens with one attached hydrogen (secondary N) is 1. The van der Waals surface area contributed by atoms with Crippen LogP contribution in [0.2, 0.25) is 0 Å². The smallest absolute Gasteiger partial charge is 0.226 e. The molecule has 0 amide bonds. The molecule has 3 N–H and O–H groups in total. The maximum Gasteiger partial charge on any atom is 0.226 e. The van der Waals surface area contributed by atoms with Gasteiger partial charge in [-0.1, -0.05) is 12.1 Å². The molecule has 0 aliphatic carbocycles. The van der Waals surface area contributed by atoms with E-state index in [2.05, 4.69) is 15.3 Å². The van der Waals surface area contributed by atoms with Crippen LogP contribution >= 0.6 is 0 Å². The van der Waals surface area contributed by atoms with E-state index >= 15 is 0 Å². The predicted molar refractivity (Wildman–Crippen MR) is 78.0 cm³/mol. The van der Waals surface area contributed by atoms with Crippen molar-refractivity contribution in [3.05, 3.63) is 36.5 Å². The maximum atomic E-state index is 5.78. The lowest BCUT2D eigenvalue weighted by Gasteiger charge is -2.09. The maximum absolute atomic E-state index is 5.78. The van der Waals surface area contributed by atoms with Crippen LogP contribution in [0.15, 0.2) is 36.5 Å². The molecule has 1 heterocycles. The molecule has 2 aromatic rings. The fourth-order valence-corrected chi connectivity index (χ4v) is 1.59. The zero-order valence-electron chi connectivity index (χ0n) is 11.4. The Morgan fingerprint density at radius 1 is 1.20 bits per heavy atom. The van der Waals surface area contributed by atoms with Crippen LogP contribution in [0.5, 0.6) is 11.6 Å². The minimum atomic E-state index is 0.469. The fourth-order valence-electron chi connectivity index (χ4n) is 1.59. The van der Waals surface area contributed by atoms with Crippen LogP contribution < -0.4 is 20.5 Å². The SMILES string of the molecule is CCOc1ccnc(NCCOc2ccccc2N)n1. The van der Waals surface area contributed by atoms with Gasteiger partial charge in [0, 0.05) is 12.3 Å². The quantitative estimate of drug-likeness (QED) is 0.593. The van der Waals surface area contributed by atoms with Crippen molar-refractivity contribution in [2.45, 2.75) is 6.92 Å². The second-order valence-electron chi connectivity index (χ2n) is 3.96. The van der Waals surface area contributed by atoms with Crippen LogP contribution in [0, 0.1) is 0 Å². The van der Waals surface area contributed by atoms with Crippen molar-refractivity contribution in [2.24, 2.45) is 0 Å². The Morgan fingerprint density at radius 2 is 2.05 bits per heavy atom. The van der Waals surface area contributed by atoms with Crippen LogP contribution in [-0.4, -0.2) is 29.7 Å². The first-order valence-electron chi connectivity index (χ1n) is 6.46. The summed E-state index contributed by atoms with van der Waals surface area (Å²) in [5.74, 6) is 1.75. The molecule has 106 valence electrons. The second kappa shape index (κ2) is 7.18. The van der Waals surface area contributed by atoms with Gasteiger partial charge in [-0.2, -0.15) is 4.98 Å². The van der Waals surface area contributed by atoms with E-state index in [9.17, 15) is 0 Å². The van der Waals surface area contributed by atoms with Crippen LogP contribution in [0.25, 0.3) is 0 Å². The van der Waals surface area contributed by atoms with E-state index < -0.39 is 0 Å². The van der Waals surface area contributed by atoms with Gasteiger partial charge in [0.1, 0.15) is 12.4 Å². The van der Waals surface area contributed by atoms with Crippen molar-refractivity contribution < 1.29 is 9.47 Å². The highest BCUT2D eigenvalue weighted by molar-refractivity contribution is 5.51. The first-order valence-corrected chi connectivity index (χ1v) is 6.46. The van der Waals surface area contributed by atoms with E-state index in [1.165, 1.54) is 0 Å². The third-order valence-corrected chi connectivity index (χ3v) is 2.48. The first-order chi connectivity index (χ1) is 9.79. The average molecular weight is 274 g/mol. The van der Waals surface area contributed by atoms with E-state index in [0.717, 1.165) is 0 Å². The zero-order valence-corrected chi connectivity index (χ0v) is 11.4. The Bertz CT molecular complexity index is 548. The number of hydrogen-bond acceptors (Lipinski definition) is 6. The van der Waals surface area contributed by atoms with E-state index in [1.807, 2.05) is 25.1 Å². The minimum Gasteiger partial charge on any atom is -0.490 e. The largest absolute Gasteiger partial charge is 0.490 e. The van der Waals surface area contributed by atoms with Crippen LogP contribution in [-0.2, 0) is 0 Å². The van der Waals surface area contributed by atoms with Gasteiger partial charge in [-0.15, -0.1) is 0 Å². The predicted octanol–water partition coefficient (Wildman–Crippen LogP) is 1.95. The molecule has 6 nitrogen and oxygen atoms in total. The Balaban J connectivity index is 1.78. The van der Waals surface area contributed by atoms with Crippen LogP contribution in [0.3, 0.4) is 0 Å². The highest BCUT2D eigenvalue weighted by Gasteiger charge is 2.00. The molecule has 0 unspecified atom stereocenters. The number of nitrogens with two attached hydrogens (primary N) is 1. The lowest BCUT2D eigenvalue weighted by atomic mass is 10.3.